The van der Waals surface area contributed by atoms with Crippen molar-refractivity contribution in [3.63, 3.8) is 0 Å². The molecule has 0 unspecified atom stereocenters. The van der Waals surface area contributed by atoms with E-state index in [9.17, 15) is 0 Å². The van der Waals surface area contributed by atoms with Crippen LogP contribution in [0.3, 0.4) is 0 Å². The van der Waals surface area contributed by atoms with E-state index in [0.29, 0.717) is 0 Å². The van der Waals surface area contributed by atoms with Gasteiger partial charge in [0.15, 0.2) is 0 Å². The van der Waals surface area contributed by atoms with Crippen LogP contribution < -0.4 is 0 Å². The summed E-state index contributed by atoms with van der Waals surface area (Å²) in [5.74, 6) is 0.887. The molecule has 0 bridgehead atoms. The standard InChI is InChI=1S/C45H34N2S/c1-5-17-34-31(6-2)26-27-39-42(34)43-36-23-14-13-22-35(36)41-37-24-15-16-25-40(37)48-45(41)44(43)47(39)30(4)46-38(33-20-11-8-12-21-33)28-29(3)32-18-9-7-10-19-32/h5-28H,2-3H2,1,4H3/b17-5-,38-28-,46-30?. The van der Waals surface area contributed by atoms with Gasteiger partial charge < -0.3 is 0 Å². The first-order chi connectivity index (χ1) is 23.6. The molecule has 6 aromatic carbocycles. The monoisotopic (exact) mass is 634 g/mol. The summed E-state index contributed by atoms with van der Waals surface area (Å²) in [7, 11) is 0. The zero-order valence-electron chi connectivity index (χ0n) is 27.1. The first kappa shape index (κ1) is 29.6. The number of rotatable bonds is 6. The highest BCUT2D eigenvalue weighted by molar-refractivity contribution is 7.27. The summed E-state index contributed by atoms with van der Waals surface area (Å²) in [6.07, 6.45) is 8.41. The second-order valence-corrected chi connectivity index (χ2v) is 13.1. The highest BCUT2D eigenvalue weighted by Crippen LogP contribution is 2.48. The minimum atomic E-state index is 0.863. The third-order valence-electron chi connectivity index (χ3n) is 9.17. The van der Waals surface area contributed by atoms with E-state index in [1.54, 1.807) is 0 Å². The number of thiophene rings is 1. The van der Waals surface area contributed by atoms with E-state index >= 15 is 0 Å². The summed E-state index contributed by atoms with van der Waals surface area (Å²) in [4.78, 5) is 5.46. The minimum absolute atomic E-state index is 0.863. The fraction of sp³-hybridized carbons (Fsp3) is 0.0444. The number of hydrogen-bond acceptors (Lipinski definition) is 2. The Balaban J connectivity index is 1.54. The summed E-state index contributed by atoms with van der Waals surface area (Å²) in [6, 6.07) is 42.8. The van der Waals surface area contributed by atoms with Crippen LogP contribution in [0.4, 0.5) is 0 Å². The van der Waals surface area contributed by atoms with Gasteiger partial charge in [0.1, 0.15) is 5.84 Å². The van der Waals surface area contributed by atoms with Crippen LogP contribution in [0, 0.1) is 0 Å². The SMILES string of the molecule is C=Cc1ccc2c(c1/C=C\C)c1c3ccccc3c3c4ccccc4sc3c1n2C(C)=N/C(=C\C(=C)c1ccccc1)c1ccccc1. The van der Waals surface area contributed by atoms with Gasteiger partial charge in [-0.05, 0) is 65.1 Å². The summed E-state index contributed by atoms with van der Waals surface area (Å²) >= 11 is 1.86. The molecule has 0 radical (unpaired) electrons. The maximum Gasteiger partial charge on any atom is 0.111 e. The second-order valence-electron chi connectivity index (χ2n) is 12.0. The van der Waals surface area contributed by atoms with Gasteiger partial charge in [0.2, 0.25) is 0 Å². The quantitative estimate of drug-likeness (QED) is 0.0984. The zero-order chi connectivity index (χ0) is 32.8. The topological polar surface area (TPSA) is 17.3 Å². The number of allylic oxidation sites excluding steroid dienone is 3. The Labute approximate surface area is 284 Å². The third-order valence-corrected chi connectivity index (χ3v) is 10.3. The van der Waals surface area contributed by atoms with E-state index in [2.05, 4.69) is 147 Å². The summed E-state index contributed by atoms with van der Waals surface area (Å²) in [5, 5.41) is 7.54. The average molecular weight is 635 g/mol. The summed E-state index contributed by atoms with van der Waals surface area (Å²) in [6.45, 7) is 12.8. The molecule has 0 spiro atoms. The van der Waals surface area contributed by atoms with Crippen molar-refractivity contribution in [1.82, 2.24) is 4.57 Å². The molecule has 0 aliphatic carbocycles. The highest BCUT2D eigenvalue weighted by atomic mass is 32.1. The van der Waals surface area contributed by atoms with Gasteiger partial charge in [-0.15, -0.1) is 11.3 Å². The molecule has 0 aliphatic rings. The van der Waals surface area contributed by atoms with Crippen molar-refractivity contribution in [2.45, 2.75) is 13.8 Å². The number of aliphatic imine (C=N–C) groups is 1. The first-order valence-electron chi connectivity index (χ1n) is 16.2. The molecule has 0 saturated heterocycles. The van der Waals surface area contributed by atoms with E-state index in [0.717, 1.165) is 39.3 Å². The van der Waals surface area contributed by atoms with Crippen molar-refractivity contribution in [3.05, 3.63) is 169 Å². The molecular weight excluding hydrogens is 601 g/mol. The van der Waals surface area contributed by atoms with Crippen molar-refractivity contribution in [2.24, 2.45) is 4.99 Å². The van der Waals surface area contributed by atoms with Gasteiger partial charge in [-0.25, -0.2) is 4.99 Å². The lowest BCUT2D eigenvalue weighted by atomic mass is 9.95. The van der Waals surface area contributed by atoms with E-state index in [1.807, 2.05) is 41.7 Å². The molecule has 48 heavy (non-hydrogen) atoms. The van der Waals surface area contributed by atoms with E-state index in [-0.39, 0.29) is 0 Å². The summed E-state index contributed by atoms with van der Waals surface area (Å²) in [5.41, 5.74) is 8.47. The summed E-state index contributed by atoms with van der Waals surface area (Å²) < 4.78 is 4.93. The van der Waals surface area contributed by atoms with Gasteiger partial charge in [0, 0.05) is 31.8 Å². The molecule has 0 saturated carbocycles. The lowest BCUT2D eigenvalue weighted by Crippen LogP contribution is -2.08. The Morgan fingerprint density at radius 2 is 1.33 bits per heavy atom. The fourth-order valence-corrected chi connectivity index (χ4v) is 8.33. The highest BCUT2D eigenvalue weighted by Gasteiger charge is 2.24. The normalized spacial score (nSPS) is 12.7. The van der Waals surface area contributed by atoms with Crippen LogP contribution in [0.25, 0.3) is 76.2 Å². The van der Waals surface area contributed by atoms with Crippen LogP contribution in [0.15, 0.2) is 152 Å². The van der Waals surface area contributed by atoms with Gasteiger partial charge in [0.05, 0.1) is 21.4 Å². The Kier molecular flexibility index (Phi) is 7.47. The molecule has 3 heteroatoms. The van der Waals surface area contributed by atoms with Crippen molar-refractivity contribution in [1.29, 1.82) is 0 Å². The molecular formula is C45H34N2S. The third kappa shape index (κ3) is 4.74. The molecule has 2 aromatic heterocycles. The van der Waals surface area contributed by atoms with E-state index in [1.165, 1.54) is 52.8 Å². The van der Waals surface area contributed by atoms with Gasteiger partial charge in [-0.3, -0.25) is 4.57 Å². The zero-order valence-corrected chi connectivity index (χ0v) is 27.9. The first-order valence-corrected chi connectivity index (χ1v) is 17.1. The second kappa shape index (κ2) is 12.1. The van der Waals surface area contributed by atoms with Crippen molar-refractivity contribution < 1.29 is 0 Å². The number of fused-ring (bicyclic) bond motifs is 10. The van der Waals surface area contributed by atoms with Gasteiger partial charge in [0.25, 0.3) is 0 Å². The Morgan fingerprint density at radius 3 is 2.02 bits per heavy atom. The van der Waals surface area contributed by atoms with E-state index < -0.39 is 0 Å². The largest absolute Gasteiger partial charge is 0.296 e. The number of hydrogen-bond donors (Lipinski definition) is 0. The molecule has 230 valence electrons. The van der Waals surface area contributed by atoms with Gasteiger partial charge >= 0.3 is 0 Å². The maximum atomic E-state index is 5.46. The molecule has 0 N–H and O–H groups in total. The Morgan fingerprint density at radius 1 is 0.708 bits per heavy atom. The Hall–Kier alpha value is -5.77. The maximum absolute atomic E-state index is 5.46. The van der Waals surface area contributed by atoms with Crippen LogP contribution >= 0.6 is 11.3 Å². The predicted octanol–water partition coefficient (Wildman–Crippen LogP) is 13.0. The number of aromatic nitrogens is 1. The van der Waals surface area contributed by atoms with Gasteiger partial charge in [-0.2, -0.15) is 0 Å². The van der Waals surface area contributed by atoms with Gasteiger partial charge in [-0.1, -0.05) is 141 Å². The predicted molar refractivity (Wildman–Crippen MR) is 213 cm³/mol. The lowest BCUT2D eigenvalue weighted by molar-refractivity contribution is 1.24. The lowest BCUT2D eigenvalue weighted by Gasteiger charge is -2.12. The van der Waals surface area contributed by atoms with Crippen LogP contribution in [0.5, 0.6) is 0 Å². The van der Waals surface area contributed by atoms with Crippen LogP contribution in [-0.2, 0) is 0 Å². The number of nitrogens with zero attached hydrogens (tertiary/aromatic N) is 2. The molecule has 2 nitrogen and oxygen atoms in total. The van der Waals surface area contributed by atoms with Crippen molar-refractivity contribution in [2.75, 3.05) is 0 Å². The van der Waals surface area contributed by atoms with Crippen LogP contribution in [0.2, 0.25) is 0 Å². The van der Waals surface area contributed by atoms with Crippen molar-refractivity contribution in [3.8, 4) is 0 Å². The molecule has 0 atom stereocenters. The van der Waals surface area contributed by atoms with E-state index in [4.69, 9.17) is 4.99 Å². The molecule has 0 aliphatic heterocycles. The molecule has 8 aromatic rings. The molecule has 0 fully saturated rings. The average Bonchev–Trinajstić information content (AvgIpc) is 3.69. The van der Waals surface area contributed by atoms with Crippen LogP contribution in [0.1, 0.15) is 36.1 Å². The smallest absolute Gasteiger partial charge is 0.111 e. The Bertz CT molecular complexity index is 2650. The molecule has 8 rings (SSSR count). The minimum Gasteiger partial charge on any atom is -0.296 e. The van der Waals surface area contributed by atoms with Crippen molar-refractivity contribution >= 4 is 93.3 Å². The fourth-order valence-electron chi connectivity index (χ4n) is 7.07. The number of benzene rings is 6. The van der Waals surface area contributed by atoms with Crippen LogP contribution in [-0.4, -0.2) is 10.4 Å². The molecule has 0 amide bonds. The molecule has 2 heterocycles.